The van der Waals surface area contributed by atoms with Crippen LogP contribution in [0.2, 0.25) is 0 Å². The molecule has 0 aromatic carbocycles. The second-order valence-corrected chi connectivity index (χ2v) is 8.18. The van der Waals surface area contributed by atoms with Crippen LogP contribution in [-0.4, -0.2) is 16.0 Å². The summed E-state index contributed by atoms with van der Waals surface area (Å²) in [5.74, 6) is 0. The van der Waals surface area contributed by atoms with Gasteiger partial charge in [-0.2, -0.15) is 0 Å². The van der Waals surface area contributed by atoms with Crippen LogP contribution in [0.5, 0.6) is 0 Å². The molecule has 0 amide bonds. The summed E-state index contributed by atoms with van der Waals surface area (Å²) in [6.45, 7) is 0. The Morgan fingerprint density at radius 3 is 1.40 bits per heavy atom. The molecule has 0 bridgehead atoms. The topological polar surface area (TPSA) is 0 Å². The van der Waals surface area contributed by atoms with E-state index in [2.05, 4.69) is 32.2 Å². The summed E-state index contributed by atoms with van der Waals surface area (Å²) in [4.78, 5) is 0. The first-order valence-corrected chi connectivity index (χ1v) is 8.62. The van der Waals surface area contributed by atoms with Crippen LogP contribution in [0.15, 0.2) is 0 Å². The molecule has 0 saturated heterocycles. The van der Waals surface area contributed by atoms with Crippen LogP contribution in [0.1, 0.15) is 0 Å². The summed E-state index contributed by atoms with van der Waals surface area (Å²) in [6.07, 6.45) is 9.00. The third-order valence-corrected chi connectivity index (χ3v) is 0. The zero-order valence-corrected chi connectivity index (χ0v) is 7.13. The molecular formula is C2HBr2Mg. The molecule has 0 fully saturated rings. The molecule has 0 aliphatic carbocycles. The molecular weight excluding hydrogens is 208 g/mol. The Morgan fingerprint density at radius 1 is 1.40 bits per heavy atom. The summed E-state index contributed by atoms with van der Waals surface area (Å²) >= 11 is 6.44. The van der Waals surface area contributed by atoms with Gasteiger partial charge in [-0.1, -0.05) is 0 Å². The lowest BCUT2D eigenvalue weighted by molar-refractivity contribution is 2.90. The minimum Gasteiger partial charge on any atom is -0.280 e. The fourth-order valence-electron chi connectivity index (χ4n) is 0. The Hall–Kier alpha value is 1.29. The number of terminal acetylenes is 1. The van der Waals surface area contributed by atoms with Crippen LogP contribution < -0.4 is 0 Å². The number of hydrogen-bond acceptors (Lipinski definition) is 0. The maximum atomic E-state index is 5.25. The first kappa shape index (κ1) is 9.56. The fourth-order valence-corrected chi connectivity index (χ4v) is 0. The van der Waals surface area contributed by atoms with E-state index in [9.17, 15) is 0 Å². The molecule has 0 N–H and O–H groups in total. The molecule has 0 saturated carbocycles. The van der Waals surface area contributed by atoms with Gasteiger partial charge in [-0.25, -0.2) is 0 Å². The van der Waals surface area contributed by atoms with Crippen LogP contribution in [0.4, 0.5) is 0 Å². The summed E-state index contributed by atoms with van der Waals surface area (Å²) in [6, 6.07) is 0. The zero-order chi connectivity index (χ0) is 4.71. The largest absolute Gasteiger partial charge is 0.560 e. The van der Waals surface area contributed by atoms with Crippen molar-refractivity contribution in [2.75, 3.05) is 0 Å². The van der Waals surface area contributed by atoms with E-state index in [0.29, 0.717) is 0 Å². The molecule has 0 aromatic rings. The van der Waals surface area contributed by atoms with Crippen LogP contribution in [0.3, 0.4) is 0 Å². The van der Waals surface area contributed by atoms with Crippen molar-refractivity contribution >= 4 is 41.8 Å². The van der Waals surface area contributed by atoms with Gasteiger partial charge in [0.05, 0.1) is 0 Å². The van der Waals surface area contributed by atoms with Crippen molar-refractivity contribution in [2.24, 2.45) is 0 Å². The Morgan fingerprint density at radius 2 is 1.40 bits per heavy atom. The van der Waals surface area contributed by atoms with Crippen molar-refractivity contribution in [1.29, 1.82) is 0 Å². The highest BCUT2D eigenvalue weighted by molar-refractivity contribution is 9.47. The second-order valence-electron chi connectivity index (χ2n) is 0.101. The average molecular weight is 209 g/mol. The zero-order valence-electron chi connectivity index (χ0n) is 2.54. The lowest BCUT2D eigenvalue weighted by Crippen LogP contribution is -1.31. The highest BCUT2D eigenvalue weighted by atomic mass is 79.9. The lowest BCUT2D eigenvalue weighted by Gasteiger charge is -1.33. The molecule has 0 spiro atoms. The first-order chi connectivity index (χ1) is 2.41. The SMILES string of the molecule is [Br][Mg][Br].[C]#C. The van der Waals surface area contributed by atoms with E-state index in [1.54, 1.807) is 0 Å². The second kappa shape index (κ2) is 18.6. The van der Waals surface area contributed by atoms with Gasteiger partial charge in [-0.15, -0.1) is 6.42 Å². The van der Waals surface area contributed by atoms with Crippen molar-refractivity contribution in [3.05, 3.63) is 6.42 Å². The molecule has 0 unspecified atom stereocenters. The maximum Gasteiger partial charge on any atom is 0.560 e. The highest BCUT2D eigenvalue weighted by Gasteiger charge is 1.62. The Bertz CT molecular complexity index is 18.9. The summed E-state index contributed by atoms with van der Waals surface area (Å²) in [7, 11) is 0. The standard InChI is InChI=1S/C2H.2BrH.Mg/c1-2;;;/h1H;2*1H;/q;;;+2/p-2. The molecule has 0 aliphatic heterocycles. The van der Waals surface area contributed by atoms with Crippen molar-refractivity contribution in [3.8, 4) is 6.42 Å². The van der Waals surface area contributed by atoms with Crippen molar-refractivity contribution in [1.82, 2.24) is 0 Å². The minimum absolute atomic E-state index is 0.0417. The van der Waals surface area contributed by atoms with Gasteiger partial charge in [0, 0.05) is 0 Å². The molecule has 5 heavy (non-hydrogen) atoms. The van der Waals surface area contributed by atoms with E-state index in [4.69, 9.17) is 6.42 Å². The Labute approximate surface area is 54.2 Å². The molecule has 0 atom stereocenters. The van der Waals surface area contributed by atoms with Crippen molar-refractivity contribution in [3.63, 3.8) is 0 Å². The Kier molecular flexibility index (Phi) is 35.5. The predicted molar refractivity (Wildman–Crippen MR) is 31.8 cm³/mol. The molecule has 1 radical (unpaired) electrons. The van der Waals surface area contributed by atoms with Crippen molar-refractivity contribution < 1.29 is 0 Å². The van der Waals surface area contributed by atoms with Gasteiger partial charge in [0.2, 0.25) is 0 Å². The van der Waals surface area contributed by atoms with Gasteiger partial charge in [0.15, 0.2) is 0 Å². The van der Waals surface area contributed by atoms with Gasteiger partial charge >= 0.3 is 16.0 Å². The molecule has 0 heterocycles. The molecule has 0 rings (SSSR count). The fraction of sp³-hybridized carbons (Fsp3) is 0. The van der Waals surface area contributed by atoms with E-state index in [0.717, 1.165) is 0 Å². The minimum atomic E-state index is 0.0417. The predicted octanol–water partition coefficient (Wildman–Crippen LogP) is 1.52. The third-order valence-electron chi connectivity index (χ3n) is 0. The molecule has 25 valence electrons. The van der Waals surface area contributed by atoms with E-state index in [1.807, 2.05) is 0 Å². The summed E-state index contributed by atoms with van der Waals surface area (Å²) in [5, 5.41) is 0. The summed E-state index contributed by atoms with van der Waals surface area (Å²) < 4.78 is 0. The van der Waals surface area contributed by atoms with E-state index < -0.39 is 0 Å². The maximum absolute atomic E-state index is 5.25. The molecule has 0 nitrogen and oxygen atoms in total. The third kappa shape index (κ3) is 34.5. The smallest absolute Gasteiger partial charge is 0.280 e. The van der Waals surface area contributed by atoms with E-state index in [-0.39, 0.29) is 16.0 Å². The van der Waals surface area contributed by atoms with E-state index >= 15 is 0 Å². The van der Waals surface area contributed by atoms with Crippen LogP contribution in [-0.2, 0) is 0 Å². The monoisotopic (exact) mass is 207 g/mol. The van der Waals surface area contributed by atoms with Gasteiger partial charge in [-0.05, 0) is 6.42 Å². The first-order valence-electron chi connectivity index (χ1n) is 0.823. The van der Waals surface area contributed by atoms with Gasteiger partial charge in [-0.3, -0.25) is 25.8 Å². The summed E-state index contributed by atoms with van der Waals surface area (Å²) in [5.41, 5.74) is 0. The number of halogens is 2. The normalized spacial score (nSPS) is 2.40. The highest BCUT2D eigenvalue weighted by Crippen LogP contribution is 1.77. The quantitative estimate of drug-likeness (QED) is 0.419. The van der Waals surface area contributed by atoms with Crippen LogP contribution in [0.25, 0.3) is 0 Å². The number of rotatable bonds is 0. The van der Waals surface area contributed by atoms with Crippen LogP contribution >= 0.6 is 25.8 Å². The molecule has 0 aliphatic rings. The van der Waals surface area contributed by atoms with Gasteiger partial charge < -0.3 is 0 Å². The van der Waals surface area contributed by atoms with Crippen LogP contribution in [0, 0.1) is 12.8 Å². The lowest BCUT2D eigenvalue weighted by atomic mass is 11.4. The van der Waals surface area contributed by atoms with Gasteiger partial charge in [0.25, 0.3) is 0 Å². The van der Waals surface area contributed by atoms with Crippen molar-refractivity contribution in [2.45, 2.75) is 0 Å². The number of hydrogen-bond donors (Lipinski definition) is 0. The van der Waals surface area contributed by atoms with E-state index in [1.165, 1.54) is 0 Å². The average Bonchev–Trinajstić information content (AvgIpc) is 1.46. The Balaban J connectivity index is 0. The molecule has 3 heteroatoms. The van der Waals surface area contributed by atoms with Gasteiger partial charge in [0.1, 0.15) is 0 Å². The molecule has 0 aromatic heterocycles.